The quantitative estimate of drug-likeness (QED) is 0.672. The van der Waals surface area contributed by atoms with E-state index < -0.39 is 18.0 Å². The number of nitrogens with one attached hydrogen (secondary N) is 1. The molecule has 5 nitrogen and oxygen atoms in total. The first-order valence-electron chi connectivity index (χ1n) is 8.51. The van der Waals surface area contributed by atoms with Crippen LogP contribution in [-0.4, -0.2) is 31.3 Å². The molecule has 146 valence electrons. The first-order chi connectivity index (χ1) is 13.3. The lowest BCUT2D eigenvalue weighted by Crippen LogP contribution is -2.26. The van der Waals surface area contributed by atoms with Crippen LogP contribution in [0.4, 0.5) is 29.3 Å². The van der Waals surface area contributed by atoms with E-state index in [0.717, 1.165) is 6.07 Å². The lowest BCUT2D eigenvalue weighted by atomic mass is 10.1. The highest BCUT2D eigenvalue weighted by molar-refractivity contribution is 5.92. The number of anilines is 2. The van der Waals surface area contributed by atoms with E-state index in [1.54, 1.807) is 54.4 Å². The van der Waals surface area contributed by atoms with Gasteiger partial charge in [-0.15, -0.1) is 0 Å². The summed E-state index contributed by atoms with van der Waals surface area (Å²) in [5, 5.41) is 3.17. The summed E-state index contributed by atoms with van der Waals surface area (Å²) < 4.78 is 44.6. The molecular weight excluding hydrogens is 371 g/mol. The van der Waals surface area contributed by atoms with Crippen molar-refractivity contribution in [3.8, 4) is 0 Å². The normalized spacial score (nSPS) is 11.3. The fourth-order valence-corrected chi connectivity index (χ4v) is 2.69. The largest absolute Gasteiger partial charge is 0.447 e. The summed E-state index contributed by atoms with van der Waals surface area (Å²) in [6.07, 6.45) is -5.18. The predicted octanol–water partition coefficient (Wildman–Crippen LogP) is 4.94. The van der Waals surface area contributed by atoms with E-state index >= 15 is 0 Å². The van der Waals surface area contributed by atoms with Crippen molar-refractivity contribution in [3.63, 3.8) is 0 Å². The van der Waals surface area contributed by atoms with Gasteiger partial charge in [-0.1, -0.05) is 36.4 Å². The van der Waals surface area contributed by atoms with Crippen LogP contribution in [0.3, 0.4) is 0 Å². The van der Waals surface area contributed by atoms with Gasteiger partial charge in [-0.2, -0.15) is 13.2 Å². The molecule has 1 N–H and O–H groups in total. The molecule has 0 atom stereocenters. The van der Waals surface area contributed by atoms with Gasteiger partial charge in [0.1, 0.15) is 12.3 Å². The molecule has 1 amide bonds. The molecule has 0 saturated heterocycles. The molecule has 3 rings (SSSR count). The van der Waals surface area contributed by atoms with E-state index in [2.05, 4.69) is 10.3 Å². The second kappa shape index (κ2) is 8.16. The third-order valence-corrected chi connectivity index (χ3v) is 4.08. The van der Waals surface area contributed by atoms with Gasteiger partial charge in [0, 0.05) is 23.8 Å². The van der Waals surface area contributed by atoms with Gasteiger partial charge in [0.05, 0.1) is 12.1 Å². The molecule has 2 aromatic carbocycles. The van der Waals surface area contributed by atoms with E-state index in [4.69, 9.17) is 4.74 Å². The third-order valence-electron chi connectivity index (χ3n) is 4.08. The number of pyridine rings is 1. The number of nitrogens with zero attached hydrogens (tertiary/aromatic N) is 2. The molecule has 0 aliphatic heterocycles. The molecule has 0 radical (unpaired) electrons. The summed E-state index contributed by atoms with van der Waals surface area (Å²) in [7, 11) is 1.64. The van der Waals surface area contributed by atoms with E-state index in [-0.39, 0.29) is 18.7 Å². The van der Waals surface area contributed by atoms with Gasteiger partial charge >= 0.3 is 12.3 Å². The molecule has 0 aliphatic carbocycles. The Bertz CT molecular complexity index is 962. The highest BCUT2D eigenvalue weighted by atomic mass is 19.4. The van der Waals surface area contributed by atoms with Crippen molar-refractivity contribution in [3.05, 3.63) is 66.4 Å². The average Bonchev–Trinajstić information content (AvgIpc) is 2.67. The number of halogens is 3. The number of fused-ring (bicyclic) bond motifs is 1. The molecule has 1 aromatic heterocycles. The number of hydrogen-bond acceptors (Lipinski definition) is 4. The lowest BCUT2D eigenvalue weighted by Gasteiger charge is -2.22. The van der Waals surface area contributed by atoms with Crippen molar-refractivity contribution in [1.82, 2.24) is 4.98 Å². The molecule has 1 heterocycles. The van der Waals surface area contributed by atoms with Gasteiger partial charge in [-0.3, -0.25) is 5.32 Å². The smallest absolute Gasteiger partial charge is 0.433 e. The van der Waals surface area contributed by atoms with Crippen LogP contribution in [0.15, 0.2) is 60.7 Å². The fourth-order valence-electron chi connectivity index (χ4n) is 2.69. The first-order valence-corrected chi connectivity index (χ1v) is 8.51. The van der Waals surface area contributed by atoms with Crippen molar-refractivity contribution in [1.29, 1.82) is 0 Å². The van der Waals surface area contributed by atoms with Crippen molar-refractivity contribution in [2.45, 2.75) is 6.18 Å². The summed E-state index contributed by atoms with van der Waals surface area (Å²) in [4.78, 5) is 17.1. The van der Waals surface area contributed by atoms with E-state index in [0.29, 0.717) is 16.8 Å². The Morgan fingerprint density at radius 3 is 2.50 bits per heavy atom. The minimum absolute atomic E-state index is 0.00711. The Hall–Kier alpha value is -3.29. The number of alkyl halides is 3. The molecule has 8 heteroatoms. The minimum Gasteiger partial charge on any atom is -0.447 e. The Kier molecular flexibility index (Phi) is 5.67. The van der Waals surface area contributed by atoms with Crippen molar-refractivity contribution in [2.75, 3.05) is 30.4 Å². The summed E-state index contributed by atoms with van der Waals surface area (Å²) in [5.41, 5.74) is 0.249. The second-order valence-corrected chi connectivity index (χ2v) is 6.09. The third kappa shape index (κ3) is 4.70. The van der Waals surface area contributed by atoms with E-state index in [9.17, 15) is 18.0 Å². The SMILES string of the molecule is CN(CCOC(=O)Nc1ccccc1)c1cc(C(F)(F)F)nc2ccccc12. The predicted molar refractivity (Wildman–Crippen MR) is 101 cm³/mol. The zero-order valence-electron chi connectivity index (χ0n) is 15.0. The molecule has 0 bridgehead atoms. The maximum atomic E-state index is 13.2. The van der Waals surface area contributed by atoms with Crippen LogP contribution >= 0.6 is 0 Å². The molecular formula is C20H18F3N3O2. The highest BCUT2D eigenvalue weighted by Crippen LogP contribution is 2.34. The zero-order valence-corrected chi connectivity index (χ0v) is 15.0. The average molecular weight is 389 g/mol. The molecule has 28 heavy (non-hydrogen) atoms. The number of carbonyl (C=O) groups excluding carboxylic acids is 1. The van der Waals surface area contributed by atoms with Crippen LogP contribution in [0.1, 0.15) is 5.69 Å². The summed E-state index contributed by atoms with van der Waals surface area (Å²) in [5.74, 6) is 0. The van der Waals surface area contributed by atoms with Crippen molar-refractivity contribution < 1.29 is 22.7 Å². The number of benzene rings is 2. The zero-order chi connectivity index (χ0) is 20.1. The van der Waals surface area contributed by atoms with Gasteiger partial charge in [-0.05, 0) is 24.3 Å². The van der Waals surface area contributed by atoms with Crippen LogP contribution in [0.2, 0.25) is 0 Å². The van der Waals surface area contributed by atoms with Crippen LogP contribution < -0.4 is 10.2 Å². The Morgan fingerprint density at radius 2 is 1.79 bits per heavy atom. The van der Waals surface area contributed by atoms with Crippen LogP contribution in [-0.2, 0) is 10.9 Å². The van der Waals surface area contributed by atoms with Crippen LogP contribution in [0.5, 0.6) is 0 Å². The second-order valence-electron chi connectivity index (χ2n) is 6.09. The van der Waals surface area contributed by atoms with E-state index in [1.165, 1.54) is 6.07 Å². The molecule has 0 saturated carbocycles. The van der Waals surface area contributed by atoms with Crippen LogP contribution in [0.25, 0.3) is 10.9 Å². The number of carbonyl (C=O) groups is 1. The van der Waals surface area contributed by atoms with Gasteiger partial charge < -0.3 is 9.64 Å². The number of aromatic nitrogens is 1. The van der Waals surface area contributed by atoms with Gasteiger partial charge in [0.15, 0.2) is 0 Å². The van der Waals surface area contributed by atoms with Crippen molar-refractivity contribution >= 4 is 28.4 Å². The Labute approximate surface area is 159 Å². The maximum Gasteiger partial charge on any atom is 0.433 e. The van der Waals surface area contributed by atoms with E-state index in [1.807, 2.05) is 6.07 Å². The topological polar surface area (TPSA) is 54.5 Å². The number of rotatable bonds is 5. The summed E-state index contributed by atoms with van der Waals surface area (Å²) in [6, 6.07) is 16.4. The summed E-state index contributed by atoms with van der Waals surface area (Å²) >= 11 is 0. The monoisotopic (exact) mass is 389 g/mol. The number of amides is 1. The number of para-hydroxylation sites is 2. The van der Waals surface area contributed by atoms with Crippen LogP contribution in [0, 0.1) is 0 Å². The Morgan fingerprint density at radius 1 is 1.11 bits per heavy atom. The van der Waals surface area contributed by atoms with Crippen molar-refractivity contribution in [2.24, 2.45) is 0 Å². The van der Waals surface area contributed by atoms with Gasteiger partial charge in [0.25, 0.3) is 0 Å². The molecule has 0 fully saturated rings. The number of likely N-dealkylation sites (N-methyl/N-ethyl adjacent to an activating group) is 1. The lowest BCUT2D eigenvalue weighted by molar-refractivity contribution is -0.140. The van der Waals surface area contributed by atoms with Gasteiger partial charge in [-0.25, -0.2) is 9.78 Å². The number of ether oxygens (including phenoxy) is 1. The highest BCUT2D eigenvalue weighted by Gasteiger charge is 2.33. The molecule has 0 unspecified atom stereocenters. The minimum atomic E-state index is -4.55. The molecule has 3 aromatic rings. The molecule has 0 spiro atoms. The van der Waals surface area contributed by atoms with Gasteiger partial charge in [0.2, 0.25) is 0 Å². The fraction of sp³-hybridized carbons (Fsp3) is 0.200. The molecule has 0 aliphatic rings. The standard InChI is InChI=1S/C20H18F3N3O2/c1-26(11-12-28-19(27)24-14-7-3-2-4-8-14)17-13-18(20(21,22)23)25-16-10-6-5-9-15(16)17/h2-10,13H,11-12H2,1H3,(H,24,27). The first kappa shape index (κ1) is 19.5. The Balaban J connectivity index is 1.69. The summed E-state index contributed by atoms with van der Waals surface area (Å²) in [6.45, 7) is 0.223. The number of hydrogen-bond donors (Lipinski definition) is 1. The maximum absolute atomic E-state index is 13.2.